The van der Waals surface area contributed by atoms with Gasteiger partial charge in [-0.05, 0) is 42.4 Å². The summed E-state index contributed by atoms with van der Waals surface area (Å²) in [5, 5.41) is 9.34. The van der Waals surface area contributed by atoms with Gasteiger partial charge < -0.3 is 0 Å². The van der Waals surface area contributed by atoms with E-state index in [1.165, 1.54) is 23.1 Å². The molecule has 1 heteroatoms. The second-order valence-electron chi connectivity index (χ2n) is 5.41. The molecule has 1 nitrogen and oxygen atoms in total. The average Bonchev–Trinajstić information content (AvgIpc) is 2.41. The molecule has 0 unspecified atom stereocenters. The van der Waals surface area contributed by atoms with E-state index in [1.54, 1.807) is 0 Å². The van der Waals surface area contributed by atoms with Gasteiger partial charge in [0.05, 0.1) is 11.5 Å². The summed E-state index contributed by atoms with van der Waals surface area (Å²) in [5.41, 5.74) is 3.64. The first-order valence-electron chi connectivity index (χ1n) is 6.87. The number of benzene rings is 2. The monoisotopic (exact) mass is 247 g/mol. The maximum atomic E-state index is 9.34. The van der Waals surface area contributed by atoms with Crippen LogP contribution in [0.5, 0.6) is 0 Å². The normalized spacial score (nSPS) is 16.4. The van der Waals surface area contributed by atoms with Crippen LogP contribution in [0.3, 0.4) is 0 Å². The zero-order chi connectivity index (χ0) is 13.1. The average molecular weight is 247 g/mol. The zero-order valence-electron chi connectivity index (χ0n) is 11.0. The van der Waals surface area contributed by atoms with Crippen LogP contribution in [-0.4, -0.2) is 0 Å². The maximum Gasteiger partial charge on any atom is 0.0822 e. The van der Waals surface area contributed by atoms with Crippen molar-refractivity contribution in [2.75, 3.05) is 0 Å². The summed E-state index contributed by atoms with van der Waals surface area (Å²) in [7, 11) is 0. The second kappa shape index (κ2) is 4.90. The summed E-state index contributed by atoms with van der Waals surface area (Å²) in [4.78, 5) is 0. The lowest BCUT2D eigenvalue weighted by molar-refractivity contribution is 0.324. The Kier molecular flexibility index (Phi) is 3.09. The number of hydrogen-bond donors (Lipinski definition) is 0. The van der Waals surface area contributed by atoms with Crippen LogP contribution in [0.25, 0.3) is 0 Å². The number of nitriles is 1. The fourth-order valence-corrected chi connectivity index (χ4v) is 2.77. The molecule has 0 aromatic heterocycles. The van der Waals surface area contributed by atoms with Crippen LogP contribution < -0.4 is 0 Å². The first kappa shape index (κ1) is 12.0. The van der Waals surface area contributed by atoms with Gasteiger partial charge in [-0.3, -0.25) is 0 Å². The zero-order valence-corrected chi connectivity index (χ0v) is 11.0. The number of rotatable bonds is 3. The second-order valence-corrected chi connectivity index (χ2v) is 5.41. The molecule has 0 amide bonds. The fraction of sp³-hybridized carbons (Fsp3) is 0.278. The topological polar surface area (TPSA) is 23.8 Å². The van der Waals surface area contributed by atoms with E-state index < -0.39 is 0 Å². The quantitative estimate of drug-likeness (QED) is 0.796. The van der Waals surface area contributed by atoms with Crippen molar-refractivity contribution in [2.24, 2.45) is 0 Å². The Labute approximate surface area is 114 Å². The van der Waals surface area contributed by atoms with Crippen molar-refractivity contribution in [3.05, 3.63) is 71.3 Å². The lowest BCUT2D eigenvalue weighted by Gasteiger charge is -2.35. The highest BCUT2D eigenvalue weighted by Crippen LogP contribution is 2.43. The van der Waals surface area contributed by atoms with E-state index in [0.29, 0.717) is 0 Å². The molecule has 1 fully saturated rings. The molecule has 0 atom stereocenters. The molecule has 1 saturated carbocycles. The molecule has 0 radical (unpaired) electrons. The summed E-state index contributed by atoms with van der Waals surface area (Å²) in [6.45, 7) is 0. The summed E-state index contributed by atoms with van der Waals surface area (Å²) < 4.78 is 0. The van der Waals surface area contributed by atoms with Crippen molar-refractivity contribution in [3.8, 4) is 6.07 Å². The van der Waals surface area contributed by atoms with Gasteiger partial charge >= 0.3 is 0 Å². The Morgan fingerprint density at radius 1 is 0.895 bits per heavy atom. The van der Waals surface area contributed by atoms with Crippen molar-refractivity contribution in [1.29, 1.82) is 5.26 Å². The largest absolute Gasteiger partial charge is 0.197 e. The molecule has 19 heavy (non-hydrogen) atoms. The Morgan fingerprint density at radius 3 is 2.05 bits per heavy atom. The Bertz CT molecular complexity index is 586. The van der Waals surface area contributed by atoms with Crippen LogP contribution in [-0.2, 0) is 11.8 Å². The highest BCUT2D eigenvalue weighted by Gasteiger charge is 2.38. The number of nitrogens with zero attached hydrogens (tertiary/aromatic N) is 1. The first-order chi connectivity index (χ1) is 9.32. The minimum atomic E-state index is -0.189. The summed E-state index contributed by atoms with van der Waals surface area (Å²) in [6, 6.07) is 21.6. The lowest BCUT2D eigenvalue weighted by Crippen LogP contribution is -2.32. The molecule has 0 spiro atoms. The third kappa shape index (κ3) is 2.27. The SMILES string of the molecule is N#CC1(c2ccc(Cc3ccccc3)cc2)CCC1. The van der Waals surface area contributed by atoms with E-state index in [2.05, 4.69) is 54.6 Å². The molecule has 0 bridgehead atoms. The van der Waals surface area contributed by atoms with Crippen molar-refractivity contribution < 1.29 is 0 Å². The molecule has 3 rings (SSSR count). The van der Waals surface area contributed by atoms with Crippen molar-refractivity contribution >= 4 is 0 Å². The Hall–Kier alpha value is -2.07. The van der Waals surface area contributed by atoms with Crippen molar-refractivity contribution in [1.82, 2.24) is 0 Å². The molecular formula is C18H17N. The van der Waals surface area contributed by atoms with Gasteiger partial charge in [0.1, 0.15) is 0 Å². The molecule has 0 saturated heterocycles. The maximum absolute atomic E-state index is 9.34. The highest BCUT2D eigenvalue weighted by atomic mass is 14.4. The van der Waals surface area contributed by atoms with Gasteiger partial charge in [-0.15, -0.1) is 0 Å². The summed E-state index contributed by atoms with van der Waals surface area (Å²) >= 11 is 0. The van der Waals surface area contributed by atoms with E-state index in [4.69, 9.17) is 0 Å². The van der Waals surface area contributed by atoms with Gasteiger partial charge in [-0.2, -0.15) is 5.26 Å². The molecule has 0 heterocycles. The highest BCUT2D eigenvalue weighted by molar-refractivity contribution is 5.38. The molecule has 1 aliphatic carbocycles. The van der Waals surface area contributed by atoms with Gasteiger partial charge in [0.25, 0.3) is 0 Å². The van der Waals surface area contributed by atoms with E-state index in [9.17, 15) is 5.26 Å². The third-order valence-corrected chi connectivity index (χ3v) is 4.18. The number of hydrogen-bond acceptors (Lipinski definition) is 1. The molecule has 2 aromatic rings. The van der Waals surface area contributed by atoms with Gasteiger partial charge in [-0.25, -0.2) is 0 Å². The smallest absolute Gasteiger partial charge is 0.0822 e. The van der Waals surface area contributed by atoms with Crippen LogP contribution >= 0.6 is 0 Å². The molecule has 2 aromatic carbocycles. The van der Waals surface area contributed by atoms with Crippen LogP contribution in [0.2, 0.25) is 0 Å². The van der Waals surface area contributed by atoms with Gasteiger partial charge in [0.2, 0.25) is 0 Å². The fourth-order valence-electron chi connectivity index (χ4n) is 2.77. The van der Waals surface area contributed by atoms with Crippen LogP contribution in [0.4, 0.5) is 0 Å². The minimum Gasteiger partial charge on any atom is -0.197 e. The van der Waals surface area contributed by atoms with E-state index in [1.807, 2.05) is 6.07 Å². The third-order valence-electron chi connectivity index (χ3n) is 4.18. The molecule has 94 valence electrons. The van der Waals surface area contributed by atoms with Gasteiger partial charge in [-0.1, -0.05) is 54.6 Å². The van der Waals surface area contributed by atoms with Crippen LogP contribution in [0.1, 0.15) is 36.0 Å². The van der Waals surface area contributed by atoms with Crippen molar-refractivity contribution in [2.45, 2.75) is 31.1 Å². The van der Waals surface area contributed by atoms with E-state index >= 15 is 0 Å². The predicted octanol–water partition coefficient (Wildman–Crippen LogP) is 4.22. The standard InChI is InChI=1S/C18H17N/c19-14-18(11-4-12-18)17-9-7-16(8-10-17)13-15-5-2-1-3-6-15/h1-3,5-10H,4,11-13H2. The Morgan fingerprint density at radius 2 is 1.53 bits per heavy atom. The first-order valence-corrected chi connectivity index (χ1v) is 6.87. The Balaban J connectivity index is 1.78. The van der Waals surface area contributed by atoms with E-state index in [0.717, 1.165) is 19.3 Å². The van der Waals surface area contributed by atoms with Gasteiger partial charge in [0.15, 0.2) is 0 Å². The lowest BCUT2D eigenvalue weighted by atomic mass is 9.65. The van der Waals surface area contributed by atoms with Crippen molar-refractivity contribution in [3.63, 3.8) is 0 Å². The molecule has 0 N–H and O–H groups in total. The van der Waals surface area contributed by atoms with Crippen LogP contribution in [0, 0.1) is 11.3 Å². The minimum absolute atomic E-state index is 0.189. The predicted molar refractivity (Wildman–Crippen MR) is 76.8 cm³/mol. The molecule has 0 aliphatic heterocycles. The molecular weight excluding hydrogens is 230 g/mol. The van der Waals surface area contributed by atoms with Gasteiger partial charge in [0, 0.05) is 0 Å². The summed E-state index contributed by atoms with van der Waals surface area (Å²) in [6.07, 6.45) is 4.17. The molecule has 1 aliphatic rings. The van der Waals surface area contributed by atoms with E-state index in [-0.39, 0.29) is 5.41 Å². The summed E-state index contributed by atoms with van der Waals surface area (Å²) in [5.74, 6) is 0. The van der Waals surface area contributed by atoms with Crippen LogP contribution in [0.15, 0.2) is 54.6 Å².